The Morgan fingerprint density at radius 3 is 2.56 bits per heavy atom. The number of hydrogen-bond acceptors (Lipinski definition) is 1. The zero-order chi connectivity index (χ0) is 13.3. The molecule has 2 aliphatic carbocycles. The van der Waals surface area contributed by atoms with Crippen molar-refractivity contribution in [3.8, 4) is 0 Å². The number of ether oxygens (including phenoxy) is 1. The van der Waals surface area contributed by atoms with Crippen molar-refractivity contribution < 1.29 is 17.9 Å². The summed E-state index contributed by atoms with van der Waals surface area (Å²) in [6, 6.07) is 0. The molecule has 1 heterocycles. The van der Waals surface area contributed by atoms with E-state index in [1.807, 2.05) is 6.08 Å². The van der Waals surface area contributed by atoms with Gasteiger partial charge in [-0.15, -0.1) is 0 Å². The molecule has 4 heteroatoms. The fourth-order valence-corrected chi connectivity index (χ4v) is 4.11. The van der Waals surface area contributed by atoms with Crippen molar-refractivity contribution in [1.82, 2.24) is 0 Å². The van der Waals surface area contributed by atoms with E-state index in [2.05, 4.69) is 20.8 Å². The van der Waals surface area contributed by atoms with Gasteiger partial charge in [-0.3, -0.25) is 0 Å². The number of hydrogen-bond donors (Lipinski definition) is 0. The molecule has 0 aromatic heterocycles. The first-order chi connectivity index (χ1) is 8.19. The molecule has 1 nitrogen and oxygen atoms in total. The maximum Gasteiger partial charge on any atom is 0.449 e. The van der Waals surface area contributed by atoms with Crippen LogP contribution in [0.2, 0.25) is 0 Å². The second-order valence-corrected chi connectivity index (χ2v) is 6.31. The molecule has 2 saturated carbocycles. The molecule has 2 unspecified atom stereocenters. The molecular formula is C14H17F3O. The quantitative estimate of drug-likeness (QED) is 0.632. The van der Waals surface area contributed by atoms with E-state index in [1.165, 1.54) is 0 Å². The average Bonchev–Trinajstić information content (AvgIpc) is 2.58. The maximum atomic E-state index is 13.1. The molecule has 100 valence electrons. The van der Waals surface area contributed by atoms with E-state index in [1.54, 1.807) is 0 Å². The van der Waals surface area contributed by atoms with E-state index in [-0.39, 0.29) is 23.4 Å². The Hall–Kier alpha value is -0.930. The Morgan fingerprint density at radius 2 is 1.94 bits per heavy atom. The van der Waals surface area contributed by atoms with Gasteiger partial charge in [0.15, 0.2) is 0 Å². The molecule has 3 aliphatic rings. The van der Waals surface area contributed by atoms with Crippen molar-refractivity contribution in [2.45, 2.75) is 39.8 Å². The largest absolute Gasteiger partial charge is 0.484 e. The second-order valence-electron chi connectivity index (χ2n) is 6.31. The molecule has 18 heavy (non-hydrogen) atoms. The van der Waals surface area contributed by atoms with Gasteiger partial charge in [0.2, 0.25) is 5.76 Å². The Balaban J connectivity index is 2.23. The summed E-state index contributed by atoms with van der Waals surface area (Å²) < 4.78 is 44.1. The lowest BCUT2D eigenvalue weighted by atomic mass is 9.69. The first kappa shape index (κ1) is 12.1. The van der Waals surface area contributed by atoms with E-state index >= 15 is 0 Å². The summed E-state index contributed by atoms with van der Waals surface area (Å²) in [5.41, 5.74) is 1.08. The van der Waals surface area contributed by atoms with Crippen molar-refractivity contribution in [2.24, 2.45) is 16.7 Å². The number of alkyl halides is 3. The molecule has 3 rings (SSSR count). The maximum absolute atomic E-state index is 13.1. The number of fused-ring (bicyclic) bond motifs is 5. The molecular weight excluding hydrogens is 241 g/mol. The molecule has 0 aromatic rings. The molecule has 2 bridgehead atoms. The molecule has 2 atom stereocenters. The smallest absolute Gasteiger partial charge is 0.449 e. The zero-order valence-corrected chi connectivity index (χ0v) is 10.8. The van der Waals surface area contributed by atoms with Gasteiger partial charge in [-0.05, 0) is 41.2 Å². The third kappa shape index (κ3) is 1.19. The van der Waals surface area contributed by atoms with E-state index in [4.69, 9.17) is 4.74 Å². The Morgan fingerprint density at radius 1 is 1.28 bits per heavy atom. The molecule has 0 N–H and O–H groups in total. The zero-order valence-electron chi connectivity index (χ0n) is 10.8. The lowest BCUT2D eigenvalue weighted by Crippen LogP contribution is -2.28. The van der Waals surface area contributed by atoms with Gasteiger partial charge in [0, 0.05) is 5.57 Å². The van der Waals surface area contributed by atoms with E-state index < -0.39 is 11.9 Å². The van der Waals surface area contributed by atoms with Crippen LogP contribution in [0.5, 0.6) is 0 Å². The predicted octanol–water partition coefficient (Wildman–Crippen LogP) is 4.22. The van der Waals surface area contributed by atoms with Crippen molar-refractivity contribution in [3.63, 3.8) is 0 Å². The Bertz CT molecular complexity index is 470. The van der Waals surface area contributed by atoms with Crippen LogP contribution < -0.4 is 0 Å². The van der Waals surface area contributed by atoms with Crippen molar-refractivity contribution in [3.05, 3.63) is 23.0 Å². The van der Waals surface area contributed by atoms with E-state index in [0.29, 0.717) is 5.57 Å². The van der Waals surface area contributed by atoms with Crippen molar-refractivity contribution in [1.29, 1.82) is 0 Å². The van der Waals surface area contributed by atoms with Gasteiger partial charge in [-0.2, -0.15) is 13.2 Å². The minimum Gasteiger partial charge on any atom is -0.484 e. The van der Waals surface area contributed by atoms with Crippen LogP contribution in [0.25, 0.3) is 0 Å². The van der Waals surface area contributed by atoms with Crippen LogP contribution in [-0.4, -0.2) is 12.8 Å². The summed E-state index contributed by atoms with van der Waals surface area (Å²) in [7, 11) is 0. The monoisotopic (exact) mass is 258 g/mol. The molecule has 0 spiro atoms. The van der Waals surface area contributed by atoms with Crippen LogP contribution in [0.15, 0.2) is 23.0 Å². The summed E-state index contributed by atoms with van der Waals surface area (Å²) in [6.45, 7) is 6.33. The fourth-order valence-electron chi connectivity index (χ4n) is 4.11. The van der Waals surface area contributed by atoms with Gasteiger partial charge in [-0.1, -0.05) is 20.8 Å². The minimum atomic E-state index is -4.37. The van der Waals surface area contributed by atoms with Crippen LogP contribution in [0.4, 0.5) is 13.2 Å². The minimum absolute atomic E-state index is 0.0225. The van der Waals surface area contributed by atoms with Crippen LogP contribution >= 0.6 is 0 Å². The highest BCUT2D eigenvalue weighted by atomic mass is 19.4. The number of allylic oxidation sites excluding steroid dienone is 3. The molecule has 0 saturated heterocycles. The summed E-state index contributed by atoms with van der Waals surface area (Å²) in [5.74, 6) is -0.757. The second kappa shape index (κ2) is 3.14. The molecule has 2 fully saturated rings. The summed E-state index contributed by atoms with van der Waals surface area (Å²) in [6.07, 6.45) is -0.707. The van der Waals surface area contributed by atoms with Gasteiger partial charge in [0.1, 0.15) is 6.61 Å². The number of halogens is 3. The van der Waals surface area contributed by atoms with Crippen LogP contribution in [-0.2, 0) is 4.74 Å². The first-order valence-corrected chi connectivity index (χ1v) is 6.35. The third-order valence-corrected chi connectivity index (χ3v) is 5.48. The van der Waals surface area contributed by atoms with Crippen molar-refractivity contribution in [2.75, 3.05) is 6.61 Å². The number of rotatable bonds is 0. The SMILES string of the molecule is CC12CCC(C3=C(C(F)(F)F)OCC=C31)C2(C)C. The Labute approximate surface area is 105 Å². The van der Waals surface area contributed by atoms with Crippen LogP contribution in [0.1, 0.15) is 33.6 Å². The normalized spacial score (nSPS) is 37.4. The van der Waals surface area contributed by atoms with Crippen LogP contribution in [0, 0.1) is 16.7 Å². The third-order valence-electron chi connectivity index (χ3n) is 5.48. The molecule has 0 aromatic carbocycles. The highest BCUT2D eigenvalue weighted by Gasteiger charge is 2.64. The van der Waals surface area contributed by atoms with Crippen LogP contribution in [0.3, 0.4) is 0 Å². The standard InChI is InChI=1S/C14H17F3O/c1-12(2)8-4-6-13(12,3)9-5-7-18-11(10(8)9)14(15,16)17/h5,8H,4,6-7H2,1-3H3. The summed E-state index contributed by atoms with van der Waals surface area (Å²) in [4.78, 5) is 0. The Kier molecular flexibility index (Phi) is 2.12. The van der Waals surface area contributed by atoms with Gasteiger partial charge in [-0.25, -0.2) is 0 Å². The molecule has 1 aliphatic heterocycles. The predicted molar refractivity (Wildman–Crippen MR) is 61.7 cm³/mol. The molecule has 0 amide bonds. The first-order valence-electron chi connectivity index (χ1n) is 6.35. The van der Waals surface area contributed by atoms with E-state index in [9.17, 15) is 13.2 Å². The van der Waals surface area contributed by atoms with Crippen molar-refractivity contribution >= 4 is 0 Å². The highest BCUT2D eigenvalue weighted by molar-refractivity contribution is 5.53. The lowest BCUT2D eigenvalue weighted by molar-refractivity contribution is -0.131. The van der Waals surface area contributed by atoms with Gasteiger partial charge >= 0.3 is 6.18 Å². The van der Waals surface area contributed by atoms with Gasteiger partial charge in [0.05, 0.1) is 0 Å². The summed E-state index contributed by atoms with van der Waals surface area (Å²) in [5, 5.41) is 0. The fraction of sp³-hybridized carbons (Fsp3) is 0.714. The summed E-state index contributed by atoms with van der Waals surface area (Å²) >= 11 is 0. The van der Waals surface area contributed by atoms with E-state index in [0.717, 1.165) is 18.4 Å². The van der Waals surface area contributed by atoms with Gasteiger partial charge < -0.3 is 4.74 Å². The lowest BCUT2D eigenvalue weighted by Gasteiger charge is -2.35. The highest BCUT2D eigenvalue weighted by Crippen LogP contribution is 2.71. The average molecular weight is 258 g/mol. The van der Waals surface area contributed by atoms with Gasteiger partial charge in [0.25, 0.3) is 0 Å². The topological polar surface area (TPSA) is 9.23 Å². The molecule has 0 radical (unpaired) electrons.